The van der Waals surface area contributed by atoms with Crippen molar-refractivity contribution in [2.45, 2.75) is 26.3 Å². The Morgan fingerprint density at radius 2 is 2.06 bits per heavy atom. The van der Waals surface area contributed by atoms with Crippen LogP contribution in [-0.2, 0) is 6.54 Å². The number of likely N-dealkylation sites (tertiary alicyclic amines) is 1. The molecule has 1 aliphatic heterocycles. The minimum atomic E-state index is -0.851. The number of nitrogens with zero attached hydrogens (tertiary/aromatic N) is 1. The SMILES string of the molecule is Cc1cc(C(=O)O)ccc1CN1CCCC1. The van der Waals surface area contributed by atoms with E-state index in [1.54, 1.807) is 12.1 Å². The minimum Gasteiger partial charge on any atom is -0.478 e. The van der Waals surface area contributed by atoms with E-state index in [1.165, 1.54) is 31.5 Å². The second-order valence-corrected chi connectivity index (χ2v) is 4.43. The number of rotatable bonds is 3. The van der Waals surface area contributed by atoms with E-state index < -0.39 is 5.97 Å². The van der Waals surface area contributed by atoms with E-state index in [0.29, 0.717) is 5.56 Å². The van der Waals surface area contributed by atoms with Crippen molar-refractivity contribution in [1.29, 1.82) is 0 Å². The Balaban J connectivity index is 2.12. The molecule has 86 valence electrons. The van der Waals surface area contributed by atoms with Crippen molar-refractivity contribution < 1.29 is 9.90 Å². The van der Waals surface area contributed by atoms with Gasteiger partial charge >= 0.3 is 5.97 Å². The number of benzene rings is 1. The smallest absolute Gasteiger partial charge is 0.335 e. The molecule has 0 amide bonds. The Bertz CT molecular complexity index is 395. The molecule has 0 atom stereocenters. The van der Waals surface area contributed by atoms with Crippen LogP contribution < -0.4 is 0 Å². The molecule has 0 saturated carbocycles. The standard InChI is InChI=1S/C13H17NO2/c1-10-8-11(13(15)16)4-5-12(10)9-14-6-2-3-7-14/h4-5,8H,2-3,6-7,9H2,1H3,(H,15,16). The zero-order chi connectivity index (χ0) is 11.5. The lowest BCUT2D eigenvalue weighted by atomic mass is 10.0. The van der Waals surface area contributed by atoms with Crippen molar-refractivity contribution >= 4 is 5.97 Å². The Labute approximate surface area is 95.7 Å². The third kappa shape index (κ3) is 2.42. The van der Waals surface area contributed by atoms with Crippen molar-refractivity contribution in [3.05, 3.63) is 34.9 Å². The maximum atomic E-state index is 10.8. The molecular formula is C13H17NO2. The van der Waals surface area contributed by atoms with Crippen molar-refractivity contribution in [2.75, 3.05) is 13.1 Å². The topological polar surface area (TPSA) is 40.5 Å². The average molecular weight is 219 g/mol. The van der Waals surface area contributed by atoms with Gasteiger partial charge in [0, 0.05) is 6.54 Å². The predicted molar refractivity (Wildman–Crippen MR) is 62.6 cm³/mol. The molecule has 0 aromatic heterocycles. The van der Waals surface area contributed by atoms with Crippen LogP contribution in [-0.4, -0.2) is 29.1 Å². The number of carboxylic acids is 1. The number of carboxylic acid groups (broad SMARTS) is 1. The van der Waals surface area contributed by atoms with Crippen molar-refractivity contribution in [2.24, 2.45) is 0 Å². The van der Waals surface area contributed by atoms with E-state index in [9.17, 15) is 4.79 Å². The summed E-state index contributed by atoms with van der Waals surface area (Å²) < 4.78 is 0. The summed E-state index contributed by atoms with van der Waals surface area (Å²) in [6.45, 7) is 5.27. The molecule has 3 nitrogen and oxygen atoms in total. The highest BCUT2D eigenvalue weighted by Gasteiger charge is 2.13. The fourth-order valence-electron chi connectivity index (χ4n) is 2.19. The first kappa shape index (κ1) is 11.1. The second kappa shape index (κ2) is 4.66. The Morgan fingerprint density at radius 3 is 2.62 bits per heavy atom. The molecule has 0 aliphatic carbocycles. The van der Waals surface area contributed by atoms with Crippen LogP contribution >= 0.6 is 0 Å². The highest BCUT2D eigenvalue weighted by molar-refractivity contribution is 5.87. The molecular weight excluding hydrogens is 202 g/mol. The first-order valence-corrected chi connectivity index (χ1v) is 5.72. The molecule has 1 aromatic rings. The largest absolute Gasteiger partial charge is 0.478 e. The predicted octanol–water partition coefficient (Wildman–Crippen LogP) is 2.29. The van der Waals surface area contributed by atoms with Crippen LogP contribution in [0.2, 0.25) is 0 Å². The van der Waals surface area contributed by atoms with Crippen LogP contribution in [0.4, 0.5) is 0 Å². The van der Waals surface area contributed by atoms with E-state index in [0.717, 1.165) is 12.1 Å². The first-order chi connectivity index (χ1) is 7.66. The zero-order valence-electron chi connectivity index (χ0n) is 9.57. The third-order valence-electron chi connectivity index (χ3n) is 3.18. The minimum absolute atomic E-state index is 0.377. The van der Waals surface area contributed by atoms with Crippen LogP contribution in [0.3, 0.4) is 0 Å². The van der Waals surface area contributed by atoms with Gasteiger partial charge in [0.25, 0.3) is 0 Å². The monoisotopic (exact) mass is 219 g/mol. The molecule has 0 radical (unpaired) electrons. The molecule has 0 bridgehead atoms. The maximum absolute atomic E-state index is 10.8. The van der Waals surface area contributed by atoms with Gasteiger partial charge in [-0.25, -0.2) is 4.79 Å². The van der Waals surface area contributed by atoms with E-state index in [1.807, 2.05) is 13.0 Å². The van der Waals surface area contributed by atoms with Gasteiger partial charge in [-0.2, -0.15) is 0 Å². The molecule has 1 aliphatic rings. The highest BCUT2D eigenvalue weighted by atomic mass is 16.4. The van der Waals surface area contributed by atoms with Gasteiger partial charge in [0.15, 0.2) is 0 Å². The second-order valence-electron chi connectivity index (χ2n) is 4.43. The van der Waals surface area contributed by atoms with E-state index in [2.05, 4.69) is 4.90 Å². The van der Waals surface area contributed by atoms with Gasteiger partial charge in [-0.15, -0.1) is 0 Å². The van der Waals surface area contributed by atoms with Gasteiger partial charge in [0.1, 0.15) is 0 Å². The first-order valence-electron chi connectivity index (χ1n) is 5.72. The normalized spacial score (nSPS) is 16.6. The van der Waals surface area contributed by atoms with Gasteiger partial charge in [0.2, 0.25) is 0 Å². The molecule has 1 saturated heterocycles. The fraction of sp³-hybridized carbons (Fsp3) is 0.462. The quantitative estimate of drug-likeness (QED) is 0.848. The Hall–Kier alpha value is -1.35. The molecule has 2 rings (SSSR count). The average Bonchev–Trinajstić information content (AvgIpc) is 2.73. The number of aryl methyl sites for hydroxylation is 1. The Morgan fingerprint density at radius 1 is 1.38 bits per heavy atom. The summed E-state index contributed by atoms with van der Waals surface area (Å²) in [5, 5.41) is 8.87. The molecule has 3 heteroatoms. The lowest BCUT2D eigenvalue weighted by Crippen LogP contribution is -2.19. The summed E-state index contributed by atoms with van der Waals surface area (Å²) in [7, 11) is 0. The molecule has 0 unspecified atom stereocenters. The van der Waals surface area contributed by atoms with Crippen LogP contribution in [0.15, 0.2) is 18.2 Å². The zero-order valence-corrected chi connectivity index (χ0v) is 9.57. The van der Waals surface area contributed by atoms with Gasteiger partial charge in [-0.3, -0.25) is 4.90 Å². The highest BCUT2D eigenvalue weighted by Crippen LogP contribution is 2.17. The van der Waals surface area contributed by atoms with E-state index in [-0.39, 0.29) is 0 Å². The van der Waals surface area contributed by atoms with Gasteiger partial charge in [0.05, 0.1) is 5.56 Å². The summed E-state index contributed by atoms with van der Waals surface area (Å²) in [5.74, 6) is -0.851. The summed E-state index contributed by atoms with van der Waals surface area (Å²) in [6.07, 6.45) is 2.57. The number of hydrogen-bond acceptors (Lipinski definition) is 2. The van der Waals surface area contributed by atoms with Crippen LogP contribution in [0.1, 0.15) is 34.3 Å². The summed E-state index contributed by atoms with van der Waals surface area (Å²) in [4.78, 5) is 13.2. The molecule has 1 heterocycles. The van der Waals surface area contributed by atoms with Crippen molar-refractivity contribution in [3.63, 3.8) is 0 Å². The summed E-state index contributed by atoms with van der Waals surface area (Å²) >= 11 is 0. The number of aromatic carboxylic acids is 1. The maximum Gasteiger partial charge on any atom is 0.335 e. The van der Waals surface area contributed by atoms with Crippen LogP contribution in [0.5, 0.6) is 0 Å². The van der Waals surface area contributed by atoms with Crippen LogP contribution in [0.25, 0.3) is 0 Å². The molecule has 16 heavy (non-hydrogen) atoms. The van der Waals surface area contributed by atoms with Gasteiger partial charge in [-0.05, 0) is 56.1 Å². The molecule has 1 aromatic carbocycles. The lowest BCUT2D eigenvalue weighted by molar-refractivity contribution is 0.0697. The lowest BCUT2D eigenvalue weighted by Gasteiger charge is -2.16. The fourth-order valence-corrected chi connectivity index (χ4v) is 2.19. The molecule has 1 fully saturated rings. The van der Waals surface area contributed by atoms with Crippen LogP contribution in [0, 0.1) is 6.92 Å². The summed E-state index contributed by atoms with van der Waals surface area (Å²) in [5.41, 5.74) is 2.70. The number of carbonyl (C=O) groups is 1. The Kier molecular flexibility index (Phi) is 3.25. The molecule has 0 spiro atoms. The van der Waals surface area contributed by atoms with Gasteiger partial charge in [-0.1, -0.05) is 6.07 Å². The number of hydrogen-bond donors (Lipinski definition) is 1. The third-order valence-corrected chi connectivity index (χ3v) is 3.18. The van der Waals surface area contributed by atoms with Crippen molar-refractivity contribution in [1.82, 2.24) is 4.90 Å². The van der Waals surface area contributed by atoms with E-state index >= 15 is 0 Å². The van der Waals surface area contributed by atoms with Gasteiger partial charge < -0.3 is 5.11 Å². The van der Waals surface area contributed by atoms with E-state index in [4.69, 9.17) is 5.11 Å². The van der Waals surface area contributed by atoms with Crippen molar-refractivity contribution in [3.8, 4) is 0 Å². The summed E-state index contributed by atoms with van der Waals surface area (Å²) in [6, 6.07) is 5.39. The molecule has 1 N–H and O–H groups in total.